The molecule has 0 saturated heterocycles. The zero-order valence-corrected chi connectivity index (χ0v) is 8.64. The van der Waals surface area contributed by atoms with Crippen LogP contribution in [0.2, 0.25) is 0 Å². The van der Waals surface area contributed by atoms with E-state index in [1.54, 1.807) is 13.1 Å². The van der Waals surface area contributed by atoms with Gasteiger partial charge in [-0.1, -0.05) is 11.2 Å². The van der Waals surface area contributed by atoms with E-state index in [1.165, 1.54) is 0 Å². The fraction of sp³-hybridized carbons (Fsp3) is 0.300. The summed E-state index contributed by atoms with van der Waals surface area (Å²) < 4.78 is 5.01. The molecule has 0 aliphatic heterocycles. The number of pyridine rings is 1. The molecular weight excluding hydrogens is 192 g/mol. The Kier molecular flexibility index (Phi) is 2.47. The predicted molar refractivity (Wildman–Crippen MR) is 54.9 cm³/mol. The Bertz CT molecular complexity index is 464. The number of hydrogen-bond acceptors (Lipinski definition) is 5. The minimum atomic E-state index is -0.254. The average Bonchev–Trinajstić information content (AvgIpc) is 2.67. The highest BCUT2D eigenvalue weighted by Crippen LogP contribution is 2.18. The van der Waals surface area contributed by atoms with Gasteiger partial charge in [-0.05, 0) is 25.5 Å². The Hall–Kier alpha value is -1.75. The van der Waals surface area contributed by atoms with Crippen molar-refractivity contribution >= 4 is 0 Å². The number of rotatable bonds is 2. The zero-order chi connectivity index (χ0) is 10.8. The van der Waals surface area contributed by atoms with Crippen molar-refractivity contribution in [3.05, 3.63) is 29.8 Å². The van der Waals surface area contributed by atoms with Crippen molar-refractivity contribution in [2.24, 2.45) is 5.73 Å². The minimum Gasteiger partial charge on any atom is -0.337 e. The quantitative estimate of drug-likeness (QED) is 0.801. The summed E-state index contributed by atoms with van der Waals surface area (Å²) in [7, 11) is 0. The van der Waals surface area contributed by atoms with Gasteiger partial charge >= 0.3 is 0 Å². The lowest BCUT2D eigenvalue weighted by Crippen LogP contribution is -2.04. The van der Waals surface area contributed by atoms with Crippen LogP contribution in [0.15, 0.2) is 22.9 Å². The molecule has 2 rings (SSSR count). The van der Waals surface area contributed by atoms with E-state index in [0.717, 1.165) is 11.3 Å². The van der Waals surface area contributed by atoms with Gasteiger partial charge in [0.25, 0.3) is 0 Å². The maximum absolute atomic E-state index is 5.63. The lowest BCUT2D eigenvalue weighted by atomic mass is 10.2. The molecule has 2 N–H and O–H groups in total. The molecule has 78 valence electrons. The van der Waals surface area contributed by atoms with Crippen molar-refractivity contribution in [2.75, 3.05) is 0 Å². The highest BCUT2D eigenvalue weighted by molar-refractivity contribution is 5.53. The Morgan fingerprint density at radius 3 is 2.87 bits per heavy atom. The second-order valence-corrected chi connectivity index (χ2v) is 3.41. The molecule has 0 bridgehead atoms. The molecule has 2 aromatic heterocycles. The van der Waals surface area contributed by atoms with Crippen LogP contribution in [0.1, 0.15) is 24.4 Å². The van der Waals surface area contributed by atoms with Crippen LogP contribution in [0.5, 0.6) is 0 Å². The van der Waals surface area contributed by atoms with E-state index < -0.39 is 0 Å². The van der Waals surface area contributed by atoms with E-state index in [-0.39, 0.29) is 6.04 Å². The van der Waals surface area contributed by atoms with E-state index >= 15 is 0 Å². The van der Waals surface area contributed by atoms with Gasteiger partial charge in [0.05, 0.1) is 6.04 Å². The average molecular weight is 204 g/mol. The van der Waals surface area contributed by atoms with Crippen molar-refractivity contribution in [1.82, 2.24) is 15.1 Å². The van der Waals surface area contributed by atoms with E-state index in [0.29, 0.717) is 11.7 Å². The molecule has 0 aliphatic rings. The molecule has 1 atom stereocenters. The van der Waals surface area contributed by atoms with Gasteiger partial charge in [-0.2, -0.15) is 4.98 Å². The predicted octanol–water partition coefficient (Wildman–Crippen LogP) is 1.46. The molecule has 15 heavy (non-hydrogen) atoms. The highest BCUT2D eigenvalue weighted by Gasteiger charge is 2.13. The Morgan fingerprint density at radius 1 is 1.47 bits per heavy atom. The first-order valence-corrected chi connectivity index (χ1v) is 4.69. The fourth-order valence-electron chi connectivity index (χ4n) is 1.24. The van der Waals surface area contributed by atoms with Gasteiger partial charge in [-0.25, -0.2) is 0 Å². The first kappa shape index (κ1) is 9.79. The van der Waals surface area contributed by atoms with Crippen LogP contribution in [0.4, 0.5) is 0 Å². The van der Waals surface area contributed by atoms with Gasteiger partial charge in [0, 0.05) is 6.20 Å². The van der Waals surface area contributed by atoms with Crippen LogP contribution in [-0.4, -0.2) is 15.1 Å². The van der Waals surface area contributed by atoms with Crippen LogP contribution < -0.4 is 5.73 Å². The molecule has 0 saturated carbocycles. The van der Waals surface area contributed by atoms with Crippen LogP contribution in [-0.2, 0) is 0 Å². The van der Waals surface area contributed by atoms with Crippen molar-refractivity contribution in [2.45, 2.75) is 19.9 Å². The summed E-state index contributed by atoms with van der Waals surface area (Å²) in [5, 5.41) is 3.84. The molecule has 5 heteroatoms. The van der Waals surface area contributed by atoms with E-state index in [9.17, 15) is 0 Å². The molecule has 0 fully saturated rings. The third-order valence-corrected chi connectivity index (χ3v) is 2.05. The van der Waals surface area contributed by atoms with E-state index in [1.807, 2.05) is 19.1 Å². The smallest absolute Gasteiger partial charge is 0.243 e. The van der Waals surface area contributed by atoms with Crippen molar-refractivity contribution in [3.63, 3.8) is 0 Å². The Balaban J connectivity index is 2.42. The summed E-state index contributed by atoms with van der Waals surface area (Å²) in [5.41, 5.74) is 7.37. The van der Waals surface area contributed by atoms with Crippen LogP contribution >= 0.6 is 0 Å². The maximum atomic E-state index is 5.63. The third kappa shape index (κ3) is 1.87. The standard InChI is InChI=1S/C10H12N4O/c1-6-4-3-5-12-8(6)9-13-10(7(2)11)15-14-9/h3-5,7H,11H2,1-2H3. The summed E-state index contributed by atoms with van der Waals surface area (Å²) in [4.78, 5) is 8.37. The summed E-state index contributed by atoms with van der Waals surface area (Å²) >= 11 is 0. The second-order valence-electron chi connectivity index (χ2n) is 3.41. The number of aryl methyl sites for hydroxylation is 1. The van der Waals surface area contributed by atoms with Crippen LogP contribution in [0, 0.1) is 6.92 Å². The number of nitrogens with two attached hydrogens (primary N) is 1. The number of nitrogens with zero attached hydrogens (tertiary/aromatic N) is 3. The molecule has 0 spiro atoms. The number of hydrogen-bond donors (Lipinski definition) is 1. The Labute approximate surface area is 87.3 Å². The van der Waals surface area contributed by atoms with Gasteiger partial charge in [0.15, 0.2) is 0 Å². The lowest BCUT2D eigenvalue weighted by Gasteiger charge is -1.97. The molecule has 0 radical (unpaired) electrons. The van der Waals surface area contributed by atoms with Crippen LogP contribution in [0.3, 0.4) is 0 Å². The summed E-state index contributed by atoms with van der Waals surface area (Å²) in [6, 6.07) is 3.56. The molecule has 0 aromatic carbocycles. The SMILES string of the molecule is Cc1cccnc1-c1noc(C(C)N)n1. The van der Waals surface area contributed by atoms with Gasteiger partial charge < -0.3 is 10.3 Å². The summed E-state index contributed by atoms with van der Waals surface area (Å²) in [5.74, 6) is 0.912. The van der Waals surface area contributed by atoms with Crippen molar-refractivity contribution in [1.29, 1.82) is 0 Å². The summed E-state index contributed by atoms with van der Waals surface area (Å²) in [6.45, 7) is 3.74. The summed E-state index contributed by atoms with van der Waals surface area (Å²) in [6.07, 6.45) is 1.70. The zero-order valence-electron chi connectivity index (χ0n) is 8.64. The van der Waals surface area contributed by atoms with E-state index in [4.69, 9.17) is 10.3 Å². The molecule has 5 nitrogen and oxygen atoms in total. The van der Waals surface area contributed by atoms with Crippen molar-refractivity contribution < 1.29 is 4.52 Å². The van der Waals surface area contributed by atoms with E-state index in [2.05, 4.69) is 15.1 Å². The second kappa shape index (κ2) is 3.78. The van der Waals surface area contributed by atoms with Gasteiger partial charge in [0.2, 0.25) is 11.7 Å². The highest BCUT2D eigenvalue weighted by atomic mass is 16.5. The van der Waals surface area contributed by atoms with Gasteiger partial charge in [0.1, 0.15) is 5.69 Å². The molecule has 1 unspecified atom stereocenters. The van der Waals surface area contributed by atoms with Crippen LogP contribution in [0.25, 0.3) is 11.5 Å². The Morgan fingerprint density at radius 2 is 2.27 bits per heavy atom. The first-order chi connectivity index (χ1) is 7.18. The third-order valence-electron chi connectivity index (χ3n) is 2.05. The lowest BCUT2D eigenvalue weighted by molar-refractivity contribution is 0.362. The van der Waals surface area contributed by atoms with Crippen molar-refractivity contribution in [3.8, 4) is 11.5 Å². The molecular formula is C10H12N4O. The molecule has 2 heterocycles. The monoisotopic (exact) mass is 204 g/mol. The molecule has 0 amide bonds. The molecule has 2 aromatic rings. The van der Waals surface area contributed by atoms with Gasteiger partial charge in [-0.3, -0.25) is 4.98 Å². The first-order valence-electron chi connectivity index (χ1n) is 4.69. The maximum Gasteiger partial charge on any atom is 0.243 e. The normalized spacial score (nSPS) is 12.7. The number of aromatic nitrogens is 3. The topological polar surface area (TPSA) is 77.8 Å². The fourth-order valence-corrected chi connectivity index (χ4v) is 1.24. The minimum absolute atomic E-state index is 0.254. The largest absolute Gasteiger partial charge is 0.337 e. The van der Waals surface area contributed by atoms with Gasteiger partial charge in [-0.15, -0.1) is 0 Å². The molecule has 0 aliphatic carbocycles.